The molecule has 0 spiro atoms. The standard InChI is InChI=1S/C14H16ClFN2O2S/c1-10-4-6-14(9-17,7-5-10)18-21(19,20)13-8-11(16)2-3-12(13)15/h2-3,8,10,18H,4-7H2,1H3. The highest BCUT2D eigenvalue weighted by Gasteiger charge is 2.39. The van der Waals surface area contributed by atoms with Crippen LogP contribution in [0, 0.1) is 23.1 Å². The first-order chi connectivity index (χ1) is 9.78. The minimum Gasteiger partial charge on any atom is -0.207 e. The van der Waals surface area contributed by atoms with Crippen molar-refractivity contribution in [2.75, 3.05) is 0 Å². The van der Waals surface area contributed by atoms with E-state index in [4.69, 9.17) is 11.6 Å². The zero-order chi connectivity index (χ0) is 15.7. The van der Waals surface area contributed by atoms with Crippen molar-refractivity contribution in [2.24, 2.45) is 5.92 Å². The molecule has 7 heteroatoms. The van der Waals surface area contributed by atoms with E-state index in [2.05, 4.69) is 17.7 Å². The van der Waals surface area contributed by atoms with Crippen molar-refractivity contribution in [3.63, 3.8) is 0 Å². The Bertz CT molecular complexity index is 677. The van der Waals surface area contributed by atoms with Gasteiger partial charge in [-0.25, -0.2) is 12.8 Å². The van der Waals surface area contributed by atoms with E-state index >= 15 is 0 Å². The van der Waals surface area contributed by atoms with Crippen LogP contribution in [-0.2, 0) is 10.0 Å². The summed E-state index contributed by atoms with van der Waals surface area (Å²) in [6.07, 6.45) is 2.42. The van der Waals surface area contributed by atoms with Crippen LogP contribution in [0.2, 0.25) is 5.02 Å². The van der Waals surface area contributed by atoms with Gasteiger partial charge in [0.25, 0.3) is 0 Å². The lowest BCUT2D eigenvalue weighted by Gasteiger charge is -2.34. The van der Waals surface area contributed by atoms with E-state index in [0.29, 0.717) is 18.8 Å². The van der Waals surface area contributed by atoms with E-state index in [1.807, 2.05) is 0 Å². The zero-order valence-electron chi connectivity index (χ0n) is 11.6. The van der Waals surface area contributed by atoms with Gasteiger partial charge in [0.05, 0.1) is 11.1 Å². The van der Waals surface area contributed by atoms with Crippen LogP contribution in [-0.4, -0.2) is 14.0 Å². The number of hydrogen-bond donors (Lipinski definition) is 1. The average Bonchev–Trinajstić information content (AvgIpc) is 2.44. The summed E-state index contributed by atoms with van der Waals surface area (Å²) in [5.41, 5.74) is -1.14. The molecule has 0 bridgehead atoms. The number of halogens is 2. The zero-order valence-corrected chi connectivity index (χ0v) is 13.1. The van der Waals surface area contributed by atoms with Crippen molar-refractivity contribution in [3.05, 3.63) is 29.0 Å². The molecule has 1 aromatic rings. The Morgan fingerprint density at radius 3 is 2.62 bits per heavy atom. The molecule has 114 valence electrons. The monoisotopic (exact) mass is 330 g/mol. The number of sulfonamides is 1. The van der Waals surface area contributed by atoms with Gasteiger partial charge in [-0.1, -0.05) is 18.5 Å². The highest BCUT2D eigenvalue weighted by atomic mass is 35.5. The summed E-state index contributed by atoms with van der Waals surface area (Å²) in [4.78, 5) is -0.336. The number of nitrogens with one attached hydrogen (secondary N) is 1. The van der Waals surface area contributed by atoms with Gasteiger partial charge in [-0.3, -0.25) is 0 Å². The Kier molecular flexibility index (Phi) is 4.57. The normalized spacial score (nSPS) is 26.3. The van der Waals surface area contributed by atoms with E-state index in [0.717, 1.165) is 25.0 Å². The Morgan fingerprint density at radius 1 is 1.43 bits per heavy atom. The van der Waals surface area contributed by atoms with Gasteiger partial charge in [0, 0.05) is 0 Å². The molecular formula is C14H16ClFN2O2S. The van der Waals surface area contributed by atoms with Crippen molar-refractivity contribution in [3.8, 4) is 6.07 Å². The van der Waals surface area contributed by atoms with Crippen molar-refractivity contribution >= 4 is 21.6 Å². The third-order valence-electron chi connectivity index (χ3n) is 3.85. The predicted octanol–water partition coefficient (Wildman–Crippen LogP) is 3.23. The lowest BCUT2D eigenvalue weighted by atomic mass is 9.79. The maximum absolute atomic E-state index is 13.3. The van der Waals surface area contributed by atoms with Gasteiger partial charge in [-0.15, -0.1) is 0 Å². The molecular weight excluding hydrogens is 315 g/mol. The molecule has 2 rings (SSSR count). The topological polar surface area (TPSA) is 70.0 Å². The second-order valence-corrected chi connectivity index (χ2v) is 7.61. The molecule has 0 aromatic heterocycles. The van der Waals surface area contributed by atoms with E-state index in [9.17, 15) is 18.1 Å². The minimum absolute atomic E-state index is 0.0684. The van der Waals surface area contributed by atoms with Crippen LogP contribution in [0.3, 0.4) is 0 Å². The molecule has 1 aliphatic carbocycles. The number of nitriles is 1. The first-order valence-electron chi connectivity index (χ1n) is 6.68. The smallest absolute Gasteiger partial charge is 0.207 e. The quantitative estimate of drug-likeness (QED) is 0.925. The van der Waals surface area contributed by atoms with Gasteiger partial charge < -0.3 is 0 Å². The number of nitrogens with zero attached hydrogens (tertiary/aromatic N) is 1. The molecule has 0 aliphatic heterocycles. The first-order valence-corrected chi connectivity index (χ1v) is 8.54. The molecule has 1 saturated carbocycles. The van der Waals surface area contributed by atoms with Crippen molar-refractivity contribution < 1.29 is 12.8 Å². The molecule has 0 atom stereocenters. The summed E-state index contributed by atoms with van der Waals surface area (Å²) in [5.74, 6) is -0.225. The molecule has 0 saturated heterocycles. The van der Waals surface area contributed by atoms with Crippen LogP contribution in [0.1, 0.15) is 32.6 Å². The second-order valence-electron chi connectivity index (χ2n) is 5.56. The van der Waals surface area contributed by atoms with Gasteiger partial charge in [0.2, 0.25) is 10.0 Å². The molecule has 1 fully saturated rings. The Morgan fingerprint density at radius 2 is 2.05 bits per heavy atom. The fourth-order valence-corrected chi connectivity index (χ4v) is 4.38. The van der Waals surface area contributed by atoms with Crippen LogP contribution in [0.25, 0.3) is 0 Å². The molecule has 0 heterocycles. The summed E-state index contributed by atoms with van der Waals surface area (Å²) in [5, 5.41) is 9.31. The van der Waals surface area contributed by atoms with Crippen LogP contribution >= 0.6 is 11.6 Å². The highest BCUT2D eigenvalue weighted by molar-refractivity contribution is 7.89. The fourth-order valence-electron chi connectivity index (χ4n) is 2.49. The maximum Gasteiger partial charge on any atom is 0.243 e. The summed E-state index contributed by atoms with van der Waals surface area (Å²) in [6.45, 7) is 2.07. The molecule has 1 aromatic carbocycles. The fraction of sp³-hybridized carbons (Fsp3) is 0.500. The summed E-state index contributed by atoms with van der Waals surface area (Å²) >= 11 is 5.84. The van der Waals surface area contributed by atoms with Crippen LogP contribution < -0.4 is 4.72 Å². The third-order valence-corrected chi connectivity index (χ3v) is 5.87. The van der Waals surface area contributed by atoms with Gasteiger partial charge in [0.1, 0.15) is 16.3 Å². The average molecular weight is 331 g/mol. The van der Waals surface area contributed by atoms with Crippen LogP contribution in [0.15, 0.2) is 23.1 Å². The molecule has 1 N–H and O–H groups in total. The van der Waals surface area contributed by atoms with E-state index in [1.54, 1.807) is 0 Å². The van der Waals surface area contributed by atoms with E-state index in [1.165, 1.54) is 6.07 Å². The van der Waals surface area contributed by atoms with Crippen LogP contribution in [0.5, 0.6) is 0 Å². The second kappa shape index (κ2) is 5.91. The van der Waals surface area contributed by atoms with Crippen molar-refractivity contribution in [1.82, 2.24) is 4.72 Å². The van der Waals surface area contributed by atoms with Gasteiger partial charge in [0.15, 0.2) is 0 Å². The molecule has 0 unspecified atom stereocenters. The minimum atomic E-state index is -4.05. The number of benzene rings is 1. The molecule has 0 radical (unpaired) electrons. The first kappa shape index (κ1) is 16.2. The predicted molar refractivity (Wildman–Crippen MR) is 77.7 cm³/mol. The Hall–Kier alpha value is -1.16. The molecule has 21 heavy (non-hydrogen) atoms. The van der Waals surface area contributed by atoms with E-state index < -0.39 is 21.4 Å². The van der Waals surface area contributed by atoms with Gasteiger partial charge in [-0.05, 0) is 49.8 Å². The van der Waals surface area contributed by atoms with E-state index in [-0.39, 0.29) is 9.92 Å². The van der Waals surface area contributed by atoms with Gasteiger partial charge in [-0.2, -0.15) is 9.98 Å². The lowest BCUT2D eigenvalue weighted by Crippen LogP contribution is -2.49. The SMILES string of the molecule is CC1CCC(C#N)(NS(=O)(=O)c2cc(F)ccc2Cl)CC1. The lowest BCUT2D eigenvalue weighted by molar-refractivity contribution is 0.278. The molecule has 0 amide bonds. The Labute approximate surface area is 129 Å². The largest absolute Gasteiger partial charge is 0.243 e. The maximum atomic E-state index is 13.3. The Balaban J connectivity index is 2.32. The summed E-state index contributed by atoms with van der Waals surface area (Å²) in [7, 11) is -4.05. The van der Waals surface area contributed by atoms with Crippen molar-refractivity contribution in [2.45, 2.75) is 43.0 Å². The van der Waals surface area contributed by atoms with Gasteiger partial charge >= 0.3 is 0 Å². The van der Waals surface area contributed by atoms with Crippen molar-refractivity contribution in [1.29, 1.82) is 5.26 Å². The summed E-state index contributed by atoms with van der Waals surface area (Å²) in [6, 6.07) is 5.21. The highest BCUT2D eigenvalue weighted by Crippen LogP contribution is 2.33. The molecule has 1 aliphatic rings. The number of rotatable bonds is 3. The summed E-state index contributed by atoms with van der Waals surface area (Å²) < 4.78 is 40.5. The number of hydrogen-bond acceptors (Lipinski definition) is 3. The third kappa shape index (κ3) is 3.54. The molecule has 4 nitrogen and oxygen atoms in total. The van der Waals surface area contributed by atoms with Crippen LogP contribution in [0.4, 0.5) is 4.39 Å².